The van der Waals surface area contributed by atoms with Gasteiger partial charge in [0, 0.05) is 6.20 Å². The van der Waals surface area contributed by atoms with Crippen molar-refractivity contribution in [2.24, 2.45) is 10.2 Å². The number of aromatic carboxylic acids is 1. The summed E-state index contributed by atoms with van der Waals surface area (Å²) in [4.78, 5) is 15.4. The summed E-state index contributed by atoms with van der Waals surface area (Å²) >= 11 is 0. The summed E-state index contributed by atoms with van der Waals surface area (Å²) in [5, 5.41) is 26.8. The Morgan fingerprint density at radius 1 is 1.18 bits per heavy atom. The second kappa shape index (κ2) is 5.28. The number of para-hydroxylation sites is 1. The molecule has 110 valence electrons. The van der Waals surface area contributed by atoms with Crippen LogP contribution in [0.3, 0.4) is 0 Å². The van der Waals surface area contributed by atoms with Crippen molar-refractivity contribution in [3.05, 3.63) is 53.9 Å². The van der Waals surface area contributed by atoms with Crippen molar-refractivity contribution in [2.45, 2.75) is 6.92 Å². The molecular weight excluding hydrogens is 284 g/mol. The lowest BCUT2D eigenvalue weighted by atomic mass is 10.3. The maximum absolute atomic E-state index is 11.3. The Morgan fingerprint density at radius 3 is 2.68 bits per heavy atom. The lowest BCUT2D eigenvalue weighted by Gasteiger charge is -1.99. The smallest absolute Gasteiger partial charge is 0.358 e. The molecule has 0 aliphatic carbocycles. The molecule has 0 spiro atoms. The van der Waals surface area contributed by atoms with Crippen molar-refractivity contribution >= 4 is 23.1 Å². The van der Waals surface area contributed by atoms with Gasteiger partial charge in [-0.15, -0.1) is 10.2 Å². The quantitative estimate of drug-likeness (QED) is 0.723. The summed E-state index contributed by atoms with van der Waals surface area (Å²) in [6.07, 6.45) is 1.73. The SMILES string of the molecule is Cc1ccc2nc(C(=O)O)c(N=Nc3ccccc3O)n2c1. The number of carboxylic acids is 1. The molecule has 22 heavy (non-hydrogen) atoms. The van der Waals surface area contributed by atoms with E-state index in [0.717, 1.165) is 5.56 Å². The molecule has 0 unspecified atom stereocenters. The van der Waals surface area contributed by atoms with Crippen LogP contribution in [0.25, 0.3) is 5.65 Å². The summed E-state index contributed by atoms with van der Waals surface area (Å²) in [7, 11) is 0. The van der Waals surface area contributed by atoms with E-state index in [1.807, 2.05) is 13.0 Å². The summed E-state index contributed by atoms with van der Waals surface area (Å²) < 4.78 is 1.56. The van der Waals surface area contributed by atoms with Gasteiger partial charge in [0.05, 0.1) is 0 Å². The topological polar surface area (TPSA) is 99.5 Å². The number of aromatic nitrogens is 2. The first-order chi connectivity index (χ1) is 10.6. The number of hydrogen-bond acceptors (Lipinski definition) is 5. The third-order valence-corrected chi connectivity index (χ3v) is 3.08. The number of hydrogen-bond donors (Lipinski definition) is 2. The zero-order valence-electron chi connectivity index (χ0n) is 11.6. The van der Waals surface area contributed by atoms with E-state index in [4.69, 9.17) is 0 Å². The average molecular weight is 296 g/mol. The average Bonchev–Trinajstić information content (AvgIpc) is 2.84. The van der Waals surface area contributed by atoms with Crippen molar-refractivity contribution in [3.63, 3.8) is 0 Å². The maximum atomic E-state index is 11.3. The minimum atomic E-state index is -1.19. The number of nitrogens with zero attached hydrogens (tertiary/aromatic N) is 4. The van der Waals surface area contributed by atoms with Crippen LogP contribution in [0.15, 0.2) is 52.8 Å². The zero-order valence-corrected chi connectivity index (χ0v) is 11.6. The summed E-state index contributed by atoms with van der Waals surface area (Å²) in [5.74, 6) is -1.12. The van der Waals surface area contributed by atoms with Gasteiger partial charge in [0.15, 0.2) is 11.5 Å². The van der Waals surface area contributed by atoms with Gasteiger partial charge in [0.25, 0.3) is 0 Å². The summed E-state index contributed by atoms with van der Waals surface area (Å²) in [6, 6.07) is 9.96. The third-order valence-electron chi connectivity index (χ3n) is 3.08. The number of aryl methyl sites for hydroxylation is 1. The molecule has 0 saturated carbocycles. The first-order valence-electron chi connectivity index (χ1n) is 6.48. The number of phenols is 1. The predicted octanol–water partition coefficient (Wildman–Crippen LogP) is 3.46. The van der Waals surface area contributed by atoms with Crippen LogP contribution in [0, 0.1) is 6.92 Å². The van der Waals surface area contributed by atoms with Crippen LogP contribution in [0.5, 0.6) is 5.75 Å². The summed E-state index contributed by atoms with van der Waals surface area (Å²) in [5.41, 5.74) is 1.46. The van der Waals surface area contributed by atoms with Gasteiger partial charge in [-0.05, 0) is 30.7 Å². The molecule has 0 aliphatic heterocycles. The molecule has 0 radical (unpaired) electrons. The largest absolute Gasteiger partial charge is 0.506 e. The minimum absolute atomic E-state index is 0.0341. The fourth-order valence-corrected chi connectivity index (χ4v) is 2.03. The molecule has 0 aliphatic rings. The van der Waals surface area contributed by atoms with Gasteiger partial charge in [-0.3, -0.25) is 4.40 Å². The zero-order chi connectivity index (χ0) is 15.7. The lowest BCUT2D eigenvalue weighted by molar-refractivity contribution is 0.0692. The van der Waals surface area contributed by atoms with E-state index in [1.54, 1.807) is 34.9 Å². The maximum Gasteiger partial charge on any atom is 0.358 e. The highest BCUT2D eigenvalue weighted by Crippen LogP contribution is 2.29. The Balaban J connectivity index is 2.16. The minimum Gasteiger partial charge on any atom is -0.506 e. The van der Waals surface area contributed by atoms with E-state index in [0.29, 0.717) is 5.65 Å². The van der Waals surface area contributed by atoms with Crippen LogP contribution in [-0.4, -0.2) is 25.6 Å². The highest BCUT2D eigenvalue weighted by atomic mass is 16.4. The van der Waals surface area contributed by atoms with Crippen molar-refractivity contribution in [1.82, 2.24) is 9.38 Å². The van der Waals surface area contributed by atoms with Crippen LogP contribution < -0.4 is 0 Å². The highest BCUT2D eigenvalue weighted by molar-refractivity contribution is 5.91. The van der Waals surface area contributed by atoms with Crippen molar-refractivity contribution in [3.8, 4) is 5.75 Å². The second-order valence-corrected chi connectivity index (χ2v) is 4.71. The van der Waals surface area contributed by atoms with Crippen molar-refractivity contribution < 1.29 is 15.0 Å². The van der Waals surface area contributed by atoms with Crippen molar-refractivity contribution in [1.29, 1.82) is 0 Å². The van der Waals surface area contributed by atoms with Crippen LogP contribution in [0.2, 0.25) is 0 Å². The molecule has 0 amide bonds. The number of carbonyl (C=O) groups is 1. The molecule has 0 bridgehead atoms. The van der Waals surface area contributed by atoms with E-state index < -0.39 is 5.97 Å². The predicted molar refractivity (Wildman–Crippen MR) is 79.2 cm³/mol. The Hall–Kier alpha value is -3.22. The monoisotopic (exact) mass is 296 g/mol. The van der Waals surface area contributed by atoms with Crippen molar-refractivity contribution in [2.75, 3.05) is 0 Å². The molecule has 2 N–H and O–H groups in total. The van der Waals surface area contributed by atoms with Crippen LogP contribution in [0.1, 0.15) is 16.1 Å². The van der Waals surface area contributed by atoms with E-state index in [1.165, 1.54) is 6.07 Å². The van der Waals surface area contributed by atoms with E-state index in [9.17, 15) is 15.0 Å². The Morgan fingerprint density at radius 2 is 1.95 bits per heavy atom. The molecule has 7 heteroatoms. The van der Waals surface area contributed by atoms with Crippen LogP contribution in [-0.2, 0) is 0 Å². The molecule has 0 saturated heterocycles. The van der Waals surface area contributed by atoms with Gasteiger partial charge in [-0.25, -0.2) is 9.78 Å². The number of fused-ring (bicyclic) bond motifs is 1. The number of imidazole rings is 1. The fourth-order valence-electron chi connectivity index (χ4n) is 2.03. The number of phenolic OH excluding ortho intramolecular Hbond substituents is 1. The van der Waals surface area contributed by atoms with Crippen LogP contribution >= 0.6 is 0 Å². The molecule has 0 atom stereocenters. The summed E-state index contributed by atoms with van der Waals surface area (Å²) in [6.45, 7) is 1.88. The van der Waals surface area contributed by atoms with Gasteiger partial charge >= 0.3 is 5.97 Å². The normalized spacial score (nSPS) is 11.3. The fraction of sp³-hybridized carbons (Fsp3) is 0.0667. The Bertz CT molecular complexity index is 899. The van der Waals surface area contributed by atoms with Gasteiger partial charge in [0.1, 0.15) is 17.1 Å². The number of azo groups is 1. The first kappa shape index (κ1) is 13.7. The molecule has 3 aromatic rings. The second-order valence-electron chi connectivity index (χ2n) is 4.71. The Labute approximate surface area is 125 Å². The van der Waals surface area contributed by atoms with E-state index in [-0.39, 0.29) is 22.9 Å². The number of carboxylic acid groups (broad SMARTS) is 1. The molecule has 0 fully saturated rings. The van der Waals surface area contributed by atoms with Gasteiger partial charge in [-0.1, -0.05) is 18.2 Å². The van der Waals surface area contributed by atoms with Gasteiger partial charge in [0.2, 0.25) is 0 Å². The molecular formula is C15H12N4O3. The molecule has 2 aromatic heterocycles. The van der Waals surface area contributed by atoms with Gasteiger partial charge in [-0.2, -0.15) is 0 Å². The number of aromatic hydroxyl groups is 1. The Kier molecular flexibility index (Phi) is 3.30. The van der Waals surface area contributed by atoms with Crippen LogP contribution in [0.4, 0.5) is 11.5 Å². The standard InChI is InChI=1S/C15H12N4O3/c1-9-6-7-12-16-13(15(21)22)14(19(12)8-9)18-17-10-4-2-3-5-11(10)20/h2-8,20H,1H3,(H,21,22). The number of pyridine rings is 1. The molecule has 7 nitrogen and oxygen atoms in total. The number of benzene rings is 1. The lowest BCUT2D eigenvalue weighted by Crippen LogP contribution is -1.96. The first-order valence-corrected chi connectivity index (χ1v) is 6.48. The molecule has 2 heterocycles. The van der Waals surface area contributed by atoms with Gasteiger partial charge < -0.3 is 10.2 Å². The number of rotatable bonds is 3. The van der Waals surface area contributed by atoms with E-state index in [2.05, 4.69) is 15.2 Å². The third kappa shape index (κ3) is 2.39. The molecule has 1 aromatic carbocycles. The van der Waals surface area contributed by atoms with E-state index >= 15 is 0 Å². The molecule has 3 rings (SSSR count). The highest BCUT2D eigenvalue weighted by Gasteiger charge is 2.18.